The standard InChI is InChI=1S/C49H32N2OS2/c1-49(2)39-19-9-15-35(31-23-25-50-45-33(31)13-7-17-37(45)43-27-29-11-3-5-21-41(29)53-43)47(39)52-48-36(16-10-20-40(48)49)32-24-26-51-46-34(32)14-8-18-38(46)44-28-30-12-4-6-22-42(30)54-44/h3-28H,1-2H3. The van der Waals surface area contributed by atoms with E-state index in [1.165, 1.54) is 41.1 Å². The highest BCUT2D eigenvalue weighted by Crippen LogP contribution is 2.55. The first kappa shape index (κ1) is 31.4. The topological polar surface area (TPSA) is 35.0 Å². The first-order chi connectivity index (χ1) is 26.5. The summed E-state index contributed by atoms with van der Waals surface area (Å²) in [6.45, 7) is 4.63. The fourth-order valence-corrected chi connectivity index (χ4v) is 10.6. The van der Waals surface area contributed by atoms with Crippen molar-refractivity contribution in [2.75, 3.05) is 0 Å². The second kappa shape index (κ2) is 11.9. The van der Waals surface area contributed by atoms with Gasteiger partial charge in [-0.3, -0.25) is 9.97 Å². The average molecular weight is 729 g/mol. The number of para-hydroxylation sites is 4. The highest BCUT2D eigenvalue weighted by Gasteiger charge is 2.37. The summed E-state index contributed by atoms with van der Waals surface area (Å²) in [4.78, 5) is 12.4. The van der Waals surface area contributed by atoms with Crippen LogP contribution in [0.2, 0.25) is 0 Å². The third-order valence-corrected chi connectivity index (χ3v) is 13.4. The molecule has 0 aliphatic carbocycles. The zero-order valence-electron chi connectivity index (χ0n) is 29.6. The minimum absolute atomic E-state index is 0.314. The fraction of sp³-hybridized carbons (Fsp3) is 0.0612. The highest BCUT2D eigenvalue weighted by molar-refractivity contribution is 7.22. The molecular formula is C49H32N2OS2. The van der Waals surface area contributed by atoms with Crippen molar-refractivity contribution in [3.05, 3.63) is 169 Å². The van der Waals surface area contributed by atoms with Crippen LogP contribution >= 0.6 is 22.7 Å². The number of ether oxygens (including phenoxy) is 1. The minimum Gasteiger partial charge on any atom is -0.455 e. The first-order valence-electron chi connectivity index (χ1n) is 18.2. The van der Waals surface area contributed by atoms with Crippen LogP contribution in [-0.2, 0) is 5.41 Å². The van der Waals surface area contributed by atoms with Crippen molar-refractivity contribution in [2.24, 2.45) is 0 Å². The molecule has 256 valence electrons. The third-order valence-electron chi connectivity index (χ3n) is 11.1. The Labute approximate surface area is 320 Å². The Kier molecular flexibility index (Phi) is 6.94. The molecule has 0 N–H and O–H groups in total. The van der Waals surface area contributed by atoms with Crippen molar-refractivity contribution in [2.45, 2.75) is 19.3 Å². The summed E-state index contributed by atoms with van der Waals surface area (Å²) in [6.07, 6.45) is 3.89. The van der Waals surface area contributed by atoms with Gasteiger partial charge < -0.3 is 4.74 Å². The molecule has 4 aromatic heterocycles. The lowest BCUT2D eigenvalue weighted by molar-refractivity contribution is 0.421. The van der Waals surface area contributed by atoms with Crippen LogP contribution in [0, 0.1) is 0 Å². The van der Waals surface area contributed by atoms with Crippen molar-refractivity contribution >= 4 is 64.7 Å². The van der Waals surface area contributed by atoms with Gasteiger partial charge in [-0.05, 0) is 58.3 Å². The zero-order valence-corrected chi connectivity index (χ0v) is 31.3. The third kappa shape index (κ3) is 4.72. The van der Waals surface area contributed by atoms with E-state index in [1.807, 2.05) is 35.1 Å². The molecule has 5 heteroatoms. The number of hydrogen-bond acceptors (Lipinski definition) is 5. The molecule has 0 radical (unpaired) electrons. The van der Waals surface area contributed by atoms with Crippen molar-refractivity contribution in [3.8, 4) is 54.6 Å². The molecule has 3 nitrogen and oxygen atoms in total. The van der Waals surface area contributed by atoms with Crippen molar-refractivity contribution in [1.82, 2.24) is 9.97 Å². The number of aromatic nitrogens is 2. The van der Waals surface area contributed by atoms with Gasteiger partial charge in [0.2, 0.25) is 0 Å². The van der Waals surface area contributed by atoms with Crippen LogP contribution in [0.15, 0.2) is 158 Å². The van der Waals surface area contributed by atoms with Gasteiger partial charge in [0.25, 0.3) is 0 Å². The van der Waals surface area contributed by atoms with E-state index in [-0.39, 0.29) is 5.41 Å². The molecule has 0 unspecified atom stereocenters. The SMILES string of the molecule is CC1(C)c2cccc(-c3ccnc4c(-c5cc6ccccc6s5)cccc34)c2Oc2c(-c3ccnc4c(-c5cc6ccccc6s5)cccc34)cccc21. The molecule has 0 fully saturated rings. The molecule has 11 rings (SSSR count). The summed E-state index contributed by atoms with van der Waals surface area (Å²) in [6, 6.07) is 52.2. The highest BCUT2D eigenvalue weighted by atomic mass is 32.1. The smallest absolute Gasteiger partial charge is 0.139 e. The fourth-order valence-electron chi connectivity index (χ4n) is 8.40. The summed E-state index contributed by atoms with van der Waals surface area (Å²) in [5.41, 5.74) is 10.7. The lowest BCUT2D eigenvalue weighted by Crippen LogP contribution is -2.25. The normalized spacial score (nSPS) is 13.3. The van der Waals surface area contributed by atoms with Gasteiger partial charge in [-0.2, -0.15) is 0 Å². The predicted molar refractivity (Wildman–Crippen MR) is 228 cm³/mol. The van der Waals surface area contributed by atoms with Crippen LogP contribution in [0.1, 0.15) is 25.0 Å². The van der Waals surface area contributed by atoms with Crippen LogP contribution in [0.5, 0.6) is 11.5 Å². The number of rotatable bonds is 4. The molecule has 1 aliphatic rings. The number of nitrogens with zero attached hydrogens (tertiary/aromatic N) is 2. The number of fused-ring (bicyclic) bond motifs is 6. The summed E-state index contributed by atoms with van der Waals surface area (Å²) in [7, 11) is 0. The molecule has 0 bridgehead atoms. The molecule has 0 saturated heterocycles. The van der Waals surface area contributed by atoms with E-state index < -0.39 is 0 Å². The van der Waals surface area contributed by atoms with Gasteiger partial charge in [-0.25, -0.2) is 0 Å². The van der Waals surface area contributed by atoms with Gasteiger partial charge >= 0.3 is 0 Å². The van der Waals surface area contributed by atoms with Crippen LogP contribution in [0.3, 0.4) is 0 Å². The van der Waals surface area contributed by atoms with Crippen LogP contribution in [0.4, 0.5) is 0 Å². The maximum Gasteiger partial charge on any atom is 0.139 e. The second-order valence-electron chi connectivity index (χ2n) is 14.5. The number of pyridine rings is 2. The zero-order chi connectivity index (χ0) is 36.0. The van der Waals surface area contributed by atoms with Crippen molar-refractivity contribution < 1.29 is 4.74 Å². The van der Waals surface area contributed by atoms with E-state index in [1.54, 1.807) is 0 Å². The molecule has 54 heavy (non-hydrogen) atoms. The first-order valence-corrected chi connectivity index (χ1v) is 19.9. The lowest BCUT2D eigenvalue weighted by atomic mass is 9.73. The Morgan fingerprint density at radius 1 is 0.444 bits per heavy atom. The summed E-state index contributed by atoms with van der Waals surface area (Å²) < 4.78 is 9.81. The molecule has 0 atom stereocenters. The van der Waals surface area contributed by atoms with Crippen LogP contribution in [0.25, 0.3) is 85.1 Å². The van der Waals surface area contributed by atoms with Gasteiger partial charge in [0.15, 0.2) is 0 Å². The maximum atomic E-state index is 7.25. The average Bonchev–Trinajstić information content (AvgIpc) is 3.85. The predicted octanol–water partition coefficient (Wildman–Crippen LogP) is 14.3. The lowest BCUT2D eigenvalue weighted by Gasteiger charge is -2.36. The molecule has 6 aromatic carbocycles. The van der Waals surface area contributed by atoms with Gasteiger partial charge in [0, 0.05) is 81.1 Å². The second-order valence-corrected chi connectivity index (χ2v) is 16.7. The van der Waals surface area contributed by atoms with E-state index in [2.05, 4.69) is 159 Å². The summed E-state index contributed by atoms with van der Waals surface area (Å²) in [5, 5.41) is 4.72. The number of hydrogen-bond donors (Lipinski definition) is 0. The van der Waals surface area contributed by atoms with E-state index >= 15 is 0 Å². The van der Waals surface area contributed by atoms with Crippen LogP contribution in [-0.4, -0.2) is 9.97 Å². The quantitative estimate of drug-likeness (QED) is 0.181. The van der Waals surface area contributed by atoms with Crippen LogP contribution < -0.4 is 4.74 Å². The largest absolute Gasteiger partial charge is 0.455 e. The monoisotopic (exact) mass is 728 g/mol. The van der Waals surface area contributed by atoms with Gasteiger partial charge in [-0.15, -0.1) is 22.7 Å². The Balaban J connectivity index is 1.07. The van der Waals surface area contributed by atoms with E-state index in [0.29, 0.717) is 0 Å². The number of benzene rings is 6. The molecule has 0 spiro atoms. The molecule has 5 heterocycles. The minimum atomic E-state index is -0.314. The summed E-state index contributed by atoms with van der Waals surface area (Å²) >= 11 is 3.63. The number of thiophene rings is 2. The van der Waals surface area contributed by atoms with Gasteiger partial charge in [0.05, 0.1) is 11.0 Å². The Morgan fingerprint density at radius 3 is 1.37 bits per heavy atom. The Hall–Kier alpha value is -6.14. The molecule has 10 aromatic rings. The Bertz CT molecular complexity index is 2860. The maximum absolute atomic E-state index is 7.25. The van der Waals surface area contributed by atoms with Gasteiger partial charge in [-0.1, -0.05) is 123 Å². The molecule has 1 aliphatic heterocycles. The van der Waals surface area contributed by atoms with E-state index in [9.17, 15) is 0 Å². The van der Waals surface area contributed by atoms with E-state index in [0.717, 1.165) is 66.7 Å². The molecule has 0 saturated carbocycles. The van der Waals surface area contributed by atoms with Crippen molar-refractivity contribution in [3.63, 3.8) is 0 Å². The molecular weight excluding hydrogens is 697 g/mol. The Morgan fingerprint density at radius 2 is 0.889 bits per heavy atom. The van der Waals surface area contributed by atoms with Gasteiger partial charge in [0.1, 0.15) is 11.5 Å². The summed E-state index contributed by atoms with van der Waals surface area (Å²) in [5.74, 6) is 1.79. The molecule has 0 amide bonds. The van der Waals surface area contributed by atoms with E-state index in [4.69, 9.17) is 14.7 Å². The van der Waals surface area contributed by atoms with Crippen molar-refractivity contribution in [1.29, 1.82) is 0 Å².